The number of carbonyl (C=O) groups excluding carboxylic acids is 1. The fourth-order valence-electron chi connectivity index (χ4n) is 2.78. The monoisotopic (exact) mass is 452 g/mol. The minimum atomic E-state index is -0.114. The molecule has 3 aromatic rings. The van der Waals surface area contributed by atoms with E-state index in [1.807, 2.05) is 39.0 Å². The number of rotatable bonds is 6. The Bertz CT molecular complexity index is 1190. The molecule has 1 heterocycles. The summed E-state index contributed by atoms with van der Waals surface area (Å²) < 4.78 is 1.73. The summed E-state index contributed by atoms with van der Waals surface area (Å²) in [5.41, 5.74) is 2.98. The van der Waals surface area contributed by atoms with Crippen LogP contribution in [0.1, 0.15) is 31.1 Å². The Labute approximate surface area is 190 Å². The van der Waals surface area contributed by atoms with Crippen molar-refractivity contribution < 1.29 is 4.79 Å². The molecule has 31 heavy (non-hydrogen) atoms. The molecule has 1 amide bonds. The molecule has 0 saturated heterocycles. The third kappa shape index (κ3) is 5.90. The zero-order valence-electron chi connectivity index (χ0n) is 17.6. The molecule has 3 rings (SSSR count). The van der Waals surface area contributed by atoms with Crippen molar-refractivity contribution in [3.8, 4) is 6.19 Å². The fraction of sp³-hybridized carbons (Fsp3) is 0.273. The van der Waals surface area contributed by atoms with Crippen LogP contribution in [0.25, 0.3) is 10.2 Å². The second-order valence-corrected chi connectivity index (χ2v) is 9.00. The van der Waals surface area contributed by atoms with Crippen molar-refractivity contribution in [3.05, 3.63) is 52.0 Å². The second kappa shape index (κ2) is 10.2. The fourth-order valence-corrected chi connectivity index (χ4v) is 3.94. The van der Waals surface area contributed by atoms with E-state index >= 15 is 0 Å². The molecule has 0 saturated carbocycles. The van der Waals surface area contributed by atoms with Crippen LogP contribution < -0.4 is 10.6 Å². The lowest BCUT2D eigenvalue weighted by Crippen LogP contribution is -2.32. The zero-order valence-corrected chi connectivity index (χ0v) is 19.2. The van der Waals surface area contributed by atoms with Crippen molar-refractivity contribution in [1.29, 1.82) is 5.26 Å². The number of hydrogen-bond donors (Lipinski definition) is 3. The van der Waals surface area contributed by atoms with Crippen molar-refractivity contribution in [1.82, 2.24) is 15.2 Å². The summed E-state index contributed by atoms with van der Waals surface area (Å²) in [7, 11) is 0. The summed E-state index contributed by atoms with van der Waals surface area (Å²) in [5.74, 6) is 0.675. The van der Waals surface area contributed by atoms with Gasteiger partial charge in [-0.15, -0.1) is 11.3 Å². The van der Waals surface area contributed by atoms with Gasteiger partial charge in [0.05, 0.1) is 15.9 Å². The maximum Gasteiger partial charge on any atom is 0.251 e. The Balaban J connectivity index is 1.84. The minimum Gasteiger partial charge on any atom is -0.352 e. The number of hydrogen-bond acceptors (Lipinski definition) is 5. The van der Waals surface area contributed by atoms with Gasteiger partial charge >= 0.3 is 0 Å². The number of aliphatic imine (C=N–C) groups is 1. The van der Waals surface area contributed by atoms with Crippen LogP contribution in [0.3, 0.4) is 0 Å². The highest BCUT2D eigenvalue weighted by atomic mass is 32.1. The quantitative estimate of drug-likeness (QED) is 0.156. The van der Waals surface area contributed by atoms with Gasteiger partial charge in [-0.25, -0.2) is 9.89 Å². The minimum absolute atomic E-state index is 0.114. The Morgan fingerprint density at radius 1 is 1.29 bits per heavy atom. The molecule has 0 atom stereocenters. The first-order valence-corrected chi connectivity index (χ1v) is 11.2. The summed E-state index contributed by atoms with van der Waals surface area (Å²) in [6.07, 6.45) is 2.15. The molecular formula is C22H24N6OS2. The molecule has 1 aromatic heterocycles. The van der Waals surface area contributed by atoms with E-state index in [2.05, 4.69) is 26.8 Å². The predicted octanol–water partition coefficient (Wildman–Crippen LogP) is 5.25. The first-order chi connectivity index (χ1) is 14.9. The van der Waals surface area contributed by atoms with Crippen LogP contribution in [-0.4, -0.2) is 34.8 Å². The van der Waals surface area contributed by atoms with E-state index in [-0.39, 0.29) is 5.91 Å². The van der Waals surface area contributed by atoms with E-state index in [0.29, 0.717) is 40.2 Å². The molecule has 9 heteroatoms. The maximum absolute atomic E-state index is 12.2. The van der Waals surface area contributed by atoms with Crippen molar-refractivity contribution in [2.24, 2.45) is 10.9 Å². The number of thiazole rings is 1. The van der Waals surface area contributed by atoms with E-state index in [9.17, 15) is 10.1 Å². The van der Waals surface area contributed by atoms with Gasteiger partial charge in [0, 0.05) is 24.3 Å². The van der Waals surface area contributed by atoms with Crippen molar-refractivity contribution in [3.63, 3.8) is 0 Å². The molecule has 0 unspecified atom stereocenters. The number of anilines is 1. The maximum atomic E-state index is 12.2. The normalized spacial score (nSPS) is 11.4. The molecule has 0 radical (unpaired) electrons. The Kier molecular flexibility index (Phi) is 7.39. The zero-order chi connectivity index (χ0) is 22.4. The van der Waals surface area contributed by atoms with Crippen LogP contribution in [0.4, 0.5) is 11.4 Å². The molecule has 0 spiro atoms. The third-order valence-corrected chi connectivity index (χ3v) is 5.60. The van der Waals surface area contributed by atoms with Gasteiger partial charge in [-0.05, 0) is 67.5 Å². The molecule has 0 aliphatic heterocycles. The van der Waals surface area contributed by atoms with Gasteiger partial charge < -0.3 is 15.6 Å². The van der Waals surface area contributed by atoms with E-state index in [1.165, 1.54) is 16.2 Å². The number of nitrogens with one attached hydrogen (secondary N) is 3. The highest BCUT2D eigenvalue weighted by molar-refractivity contribution is 7.73. The number of nitriles is 1. The molecule has 0 bridgehead atoms. The van der Waals surface area contributed by atoms with E-state index in [0.717, 1.165) is 15.9 Å². The number of aromatic nitrogens is 1. The topological polar surface area (TPSA) is 96.3 Å². The summed E-state index contributed by atoms with van der Waals surface area (Å²) >= 11 is 6.70. The van der Waals surface area contributed by atoms with Gasteiger partial charge in [-0.1, -0.05) is 13.8 Å². The molecule has 0 aliphatic carbocycles. The van der Waals surface area contributed by atoms with Crippen LogP contribution in [0.2, 0.25) is 0 Å². The number of fused-ring (bicyclic) bond motifs is 1. The number of guanidine groups is 1. The second-order valence-electron chi connectivity index (χ2n) is 7.28. The molecular weight excluding hydrogens is 428 g/mol. The highest BCUT2D eigenvalue weighted by Gasteiger charge is 2.12. The van der Waals surface area contributed by atoms with Crippen LogP contribution in [0.5, 0.6) is 0 Å². The lowest BCUT2D eigenvalue weighted by molar-refractivity contribution is 0.0949. The molecule has 2 aromatic carbocycles. The highest BCUT2D eigenvalue weighted by Crippen LogP contribution is 2.24. The van der Waals surface area contributed by atoms with Gasteiger partial charge in [-0.2, -0.15) is 5.26 Å². The number of benzene rings is 2. The van der Waals surface area contributed by atoms with Crippen LogP contribution in [0.15, 0.2) is 47.5 Å². The van der Waals surface area contributed by atoms with Crippen LogP contribution in [0, 0.1) is 21.3 Å². The molecule has 160 valence electrons. The van der Waals surface area contributed by atoms with Crippen molar-refractivity contribution in [2.75, 3.05) is 18.4 Å². The lowest BCUT2D eigenvalue weighted by Gasteiger charge is -2.17. The number of carbonyl (C=O) groups is 1. The van der Waals surface area contributed by atoms with E-state index < -0.39 is 0 Å². The number of nitrogens with zero attached hydrogens (tertiary/aromatic N) is 3. The number of H-pyrrole nitrogens is 1. The van der Waals surface area contributed by atoms with Gasteiger partial charge in [-0.3, -0.25) is 4.79 Å². The summed E-state index contributed by atoms with van der Waals surface area (Å²) in [4.78, 5) is 21.4. The van der Waals surface area contributed by atoms with E-state index in [1.54, 1.807) is 24.3 Å². The summed E-state index contributed by atoms with van der Waals surface area (Å²) in [5, 5.41) is 15.7. The average Bonchev–Trinajstić information content (AvgIpc) is 3.12. The molecule has 3 N–H and O–H groups in total. The number of aromatic amines is 1. The van der Waals surface area contributed by atoms with Crippen molar-refractivity contribution >= 4 is 57.0 Å². The van der Waals surface area contributed by atoms with Crippen LogP contribution in [-0.2, 0) is 0 Å². The summed E-state index contributed by atoms with van der Waals surface area (Å²) in [6, 6.07) is 12.8. The molecule has 7 nitrogen and oxygen atoms in total. The standard InChI is InChI=1S/C22H24N6OS2/c1-4-28(13-23)21(26-17-9-10-18-19(11-17)31-22(30)27-18)25-16-7-5-15(6-8-16)20(29)24-12-14(2)3/h5-11,14H,4,12H2,1-3H3,(H,24,29)(H,25,26)(H,27,30). The Morgan fingerprint density at radius 2 is 2.03 bits per heavy atom. The van der Waals surface area contributed by atoms with Gasteiger partial charge in [0.15, 0.2) is 10.1 Å². The third-order valence-electron chi connectivity index (χ3n) is 4.41. The largest absolute Gasteiger partial charge is 0.352 e. The van der Waals surface area contributed by atoms with Gasteiger partial charge in [0.2, 0.25) is 5.96 Å². The summed E-state index contributed by atoms with van der Waals surface area (Å²) in [6.45, 7) is 7.06. The van der Waals surface area contributed by atoms with E-state index in [4.69, 9.17) is 12.2 Å². The smallest absolute Gasteiger partial charge is 0.251 e. The van der Waals surface area contributed by atoms with Crippen LogP contribution >= 0.6 is 23.6 Å². The lowest BCUT2D eigenvalue weighted by atomic mass is 10.1. The number of amides is 1. The predicted molar refractivity (Wildman–Crippen MR) is 129 cm³/mol. The molecule has 0 aliphatic rings. The van der Waals surface area contributed by atoms with Crippen molar-refractivity contribution in [2.45, 2.75) is 20.8 Å². The first kappa shape index (κ1) is 22.5. The Hall–Kier alpha value is -3.22. The first-order valence-electron chi connectivity index (χ1n) is 9.93. The molecule has 0 fully saturated rings. The van der Waals surface area contributed by atoms with Gasteiger partial charge in [0.25, 0.3) is 5.91 Å². The SMILES string of the molecule is CCN(C#N)C(=Nc1ccc(C(=O)NCC(C)C)cc1)Nc1ccc2[nH]c(=S)sc2c1. The Morgan fingerprint density at radius 3 is 2.68 bits per heavy atom. The van der Waals surface area contributed by atoms with Gasteiger partial charge in [0.1, 0.15) is 0 Å². The average molecular weight is 453 g/mol.